The molecule has 276 valence electrons. The molecule has 1 saturated heterocycles. The maximum atomic E-state index is 13.5. The molecule has 0 aromatic heterocycles. The molecule has 5 aliphatic rings. The number of fused-ring (bicyclic) bond motifs is 4. The lowest BCUT2D eigenvalue weighted by Crippen LogP contribution is -2.53. The first-order valence-electron chi connectivity index (χ1n) is 18.2. The number of amides is 1. The van der Waals surface area contributed by atoms with Crippen molar-refractivity contribution in [3.8, 4) is 5.75 Å². The third-order valence-corrected chi connectivity index (χ3v) is 14.3. The summed E-state index contributed by atoms with van der Waals surface area (Å²) in [7, 11) is -4.05. The fourth-order valence-electron chi connectivity index (χ4n) is 8.63. The summed E-state index contributed by atoms with van der Waals surface area (Å²) in [5, 5.41) is 12.2. The molecule has 10 nitrogen and oxygen atoms in total. The number of benzene rings is 2. The molecular formula is C39H49ClN2O8S. The van der Waals surface area contributed by atoms with E-state index < -0.39 is 32.8 Å². The molecule has 2 bridgehead atoms. The van der Waals surface area contributed by atoms with E-state index in [1.807, 2.05) is 19.1 Å². The number of sulfonamides is 1. The van der Waals surface area contributed by atoms with Crippen LogP contribution in [-0.2, 0) is 36.1 Å². The third-order valence-electron chi connectivity index (χ3n) is 12.2. The molecule has 1 saturated carbocycles. The van der Waals surface area contributed by atoms with Gasteiger partial charge in [-0.1, -0.05) is 43.7 Å². The molecule has 1 spiro atoms. The number of hydrogen-bond donors (Lipinski definition) is 2. The molecule has 6 atom stereocenters. The maximum absolute atomic E-state index is 13.5. The minimum atomic E-state index is -4.05. The first-order chi connectivity index (χ1) is 24.2. The number of carbonyl (C=O) groups is 2. The first kappa shape index (κ1) is 36.2. The third kappa shape index (κ3) is 7.15. The lowest BCUT2D eigenvalue weighted by atomic mass is 9.63. The number of carbonyl (C=O) groups excluding carboxylic acids is 2. The van der Waals surface area contributed by atoms with E-state index in [0.717, 1.165) is 32.1 Å². The Morgan fingerprint density at radius 2 is 1.94 bits per heavy atom. The average Bonchev–Trinajstić information content (AvgIpc) is 3.20. The molecule has 7 rings (SSSR count). The summed E-state index contributed by atoms with van der Waals surface area (Å²) in [6, 6.07) is 11.2. The predicted octanol–water partition coefficient (Wildman–Crippen LogP) is 5.58. The number of nitrogens with one attached hydrogen (secondary N) is 1. The minimum Gasteiger partial charge on any atom is -0.490 e. The molecule has 3 aliphatic heterocycles. The van der Waals surface area contributed by atoms with Crippen molar-refractivity contribution in [2.75, 3.05) is 44.4 Å². The molecule has 2 aromatic carbocycles. The Hall–Kier alpha value is -3.12. The standard InChI is InChI=1S/C39H49ClN2O8S/c1-25-6-4-15-39(45,18-35(43)50-23-37(3)21-48-22-37)32-11-8-29(32)19-42-20-38(14-5-7-27-16-30(40)10-12-31(27)38)24-49-34-13-9-28(17-33(34)42)36(44)41-51(46,47)26(25)2/h4,9-10,12-13,15-17,25-26,29,32,45H,5-8,11,14,18-24H2,1-3H3,(H,41,44)/b15-4+/t25-,26+,29-,32+,38-,39+/m0/s1. The smallest absolute Gasteiger partial charge is 0.309 e. The van der Waals surface area contributed by atoms with E-state index in [2.05, 4.69) is 15.7 Å². The van der Waals surface area contributed by atoms with Gasteiger partial charge in [-0.25, -0.2) is 13.1 Å². The number of anilines is 1. The van der Waals surface area contributed by atoms with Crippen LogP contribution in [0.2, 0.25) is 5.02 Å². The number of ether oxygens (including phenoxy) is 3. The molecule has 0 radical (unpaired) electrons. The largest absolute Gasteiger partial charge is 0.490 e. The lowest BCUT2D eigenvalue weighted by molar-refractivity contribution is -0.171. The molecule has 3 heterocycles. The van der Waals surface area contributed by atoms with Gasteiger partial charge in [-0.05, 0) is 105 Å². The number of aryl methyl sites for hydroxylation is 1. The van der Waals surface area contributed by atoms with Crippen molar-refractivity contribution < 1.29 is 37.3 Å². The topological polar surface area (TPSA) is 131 Å². The summed E-state index contributed by atoms with van der Waals surface area (Å²) >= 11 is 6.44. The Labute approximate surface area is 305 Å². The monoisotopic (exact) mass is 740 g/mol. The van der Waals surface area contributed by atoms with Gasteiger partial charge in [0.1, 0.15) is 12.4 Å². The van der Waals surface area contributed by atoms with Gasteiger partial charge in [-0.3, -0.25) is 9.59 Å². The number of aliphatic hydroxyl groups is 1. The number of nitrogens with zero attached hydrogens (tertiary/aromatic N) is 1. The molecule has 12 heteroatoms. The molecule has 2 fully saturated rings. The number of allylic oxidation sites excluding steroid dienone is 1. The fourth-order valence-corrected chi connectivity index (χ4v) is 10.1. The minimum absolute atomic E-state index is 0.0170. The van der Waals surface area contributed by atoms with E-state index in [4.69, 9.17) is 25.8 Å². The van der Waals surface area contributed by atoms with Gasteiger partial charge in [-0.2, -0.15) is 0 Å². The van der Waals surface area contributed by atoms with E-state index in [0.29, 0.717) is 55.8 Å². The van der Waals surface area contributed by atoms with Crippen LogP contribution in [0.15, 0.2) is 48.6 Å². The van der Waals surface area contributed by atoms with Crippen LogP contribution in [0.3, 0.4) is 0 Å². The van der Waals surface area contributed by atoms with Crippen LogP contribution in [0.4, 0.5) is 5.69 Å². The van der Waals surface area contributed by atoms with Crippen LogP contribution in [0.1, 0.15) is 80.8 Å². The van der Waals surface area contributed by atoms with E-state index in [-0.39, 0.29) is 47.2 Å². The highest BCUT2D eigenvalue weighted by atomic mass is 35.5. The van der Waals surface area contributed by atoms with Crippen molar-refractivity contribution in [1.29, 1.82) is 0 Å². The van der Waals surface area contributed by atoms with Gasteiger partial charge in [0.2, 0.25) is 10.0 Å². The maximum Gasteiger partial charge on any atom is 0.309 e. The van der Waals surface area contributed by atoms with Crippen molar-refractivity contribution in [3.63, 3.8) is 0 Å². The summed E-state index contributed by atoms with van der Waals surface area (Å²) in [4.78, 5) is 29.1. The summed E-state index contributed by atoms with van der Waals surface area (Å²) in [5.74, 6) is -1.17. The van der Waals surface area contributed by atoms with E-state index >= 15 is 0 Å². The van der Waals surface area contributed by atoms with E-state index in [1.165, 1.54) is 11.1 Å². The van der Waals surface area contributed by atoms with Crippen LogP contribution in [-0.4, -0.2) is 75.8 Å². The lowest BCUT2D eigenvalue weighted by Gasteiger charge is -2.49. The second-order valence-corrected chi connectivity index (χ2v) is 18.6. The zero-order valence-corrected chi connectivity index (χ0v) is 31.2. The van der Waals surface area contributed by atoms with Crippen LogP contribution in [0.25, 0.3) is 0 Å². The zero-order valence-electron chi connectivity index (χ0n) is 29.7. The molecule has 2 N–H and O–H groups in total. The zero-order chi connectivity index (χ0) is 36.2. The molecule has 51 heavy (non-hydrogen) atoms. The van der Waals surface area contributed by atoms with Gasteiger partial charge in [0.05, 0.1) is 42.8 Å². The van der Waals surface area contributed by atoms with Crippen LogP contribution >= 0.6 is 11.6 Å². The Bertz CT molecular complexity index is 1830. The van der Waals surface area contributed by atoms with Gasteiger partial charge in [0.15, 0.2) is 0 Å². The number of halogens is 1. The SMILES string of the molecule is C[C@@H]1[C@@H](C)C/C=C/[C@@](O)(CC(=O)OCC2(C)COC2)[C@@H]2CC[C@H]2CN2C[C@@]3(CCCc4cc(Cl)ccc43)COc3ccc(cc32)C(=O)NS1(=O)=O. The summed E-state index contributed by atoms with van der Waals surface area (Å²) in [6.07, 6.45) is 7.95. The average molecular weight is 741 g/mol. The summed E-state index contributed by atoms with van der Waals surface area (Å²) < 4.78 is 46.8. The first-order valence-corrected chi connectivity index (χ1v) is 20.1. The second kappa shape index (κ2) is 13.7. The molecule has 1 amide bonds. The molecular weight excluding hydrogens is 692 g/mol. The van der Waals surface area contributed by atoms with Gasteiger partial charge in [-0.15, -0.1) is 0 Å². The van der Waals surface area contributed by atoms with E-state index in [1.54, 1.807) is 44.2 Å². The Morgan fingerprint density at radius 3 is 2.67 bits per heavy atom. The highest BCUT2D eigenvalue weighted by molar-refractivity contribution is 7.90. The van der Waals surface area contributed by atoms with Crippen LogP contribution in [0, 0.1) is 23.2 Å². The highest BCUT2D eigenvalue weighted by Gasteiger charge is 2.49. The Balaban J connectivity index is 1.27. The number of hydrogen-bond acceptors (Lipinski definition) is 9. The van der Waals surface area contributed by atoms with Gasteiger partial charge < -0.3 is 24.2 Å². The quantitative estimate of drug-likeness (QED) is 0.305. The predicted molar refractivity (Wildman–Crippen MR) is 195 cm³/mol. The molecule has 2 aromatic rings. The molecule has 2 aliphatic carbocycles. The fraction of sp³-hybridized carbons (Fsp3) is 0.590. The van der Waals surface area contributed by atoms with Crippen molar-refractivity contribution in [1.82, 2.24) is 4.72 Å². The van der Waals surface area contributed by atoms with Crippen molar-refractivity contribution in [2.45, 2.75) is 82.0 Å². The highest BCUT2D eigenvalue weighted by Crippen LogP contribution is 2.49. The number of esters is 1. The van der Waals surface area contributed by atoms with Gasteiger partial charge >= 0.3 is 5.97 Å². The summed E-state index contributed by atoms with van der Waals surface area (Å²) in [5.41, 5.74) is 1.24. The Morgan fingerprint density at radius 1 is 1.14 bits per heavy atom. The van der Waals surface area contributed by atoms with Gasteiger partial charge in [0, 0.05) is 34.5 Å². The van der Waals surface area contributed by atoms with Crippen molar-refractivity contribution in [3.05, 3.63) is 70.3 Å². The normalized spacial score (nSPS) is 33.2. The van der Waals surface area contributed by atoms with Gasteiger partial charge in [0.25, 0.3) is 5.91 Å². The second-order valence-electron chi connectivity index (χ2n) is 16.2. The molecule has 0 unspecified atom stereocenters. The number of rotatable bonds is 4. The van der Waals surface area contributed by atoms with E-state index in [9.17, 15) is 23.1 Å². The Kier molecular flexibility index (Phi) is 9.73. The van der Waals surface area contributed by atoms with Crippen LogP contribution < -0.4 is 14.4 Å². The van der Waals surface area contributed by atoms with Crippen LogP contribution in [0.5, 0.6) is 5.75 Å². The van der Waals surface area contributed by atoms with Crippen molar-refractivity contribution >= 4 is 39.2 Å². The van der Waals surface area contributed by atoms with Crippen molar-refractivity contribution in [2.24, 2.45) is 23.2 Å². The summed E-state index contributed by atoms with van der Waals surface area (Å²) in [6.45, 7) is 8.22.